The van der Waals surface area contributed by atoms with Crippen LogP contribution in [0.25, 0.3) is 0 Å². The Morgan fingerprint density at radius 1 is 1.29 bits per heavy atom. The zero-order chi connectivity index (χ0) is 20.5. The second-order valence-corrected chi connectivity index (χ2v) is 8.23. The Morgan fingerprint density at radius 3 is 2.64 bits per heavy atom. The molecule has 0 fully saturated rings. The smallest absolute Gasteiger partial charge is 0.240 e. The minimum absolute atomic E-state index is 0.0173. The Kier molecular flexibility index (Phi) is 5.28. The third kappa shape index (κ3) is 4.09. The van der Waals surface area contributed by atoms with Gasteiger partial charge in [-0.2, -0.15) is 5.10 Å². The molecule has 0 saturated heterocycles. The summed E-state index contributed by atoms with van der Waals surface area (Å²) in [6.07, 6.45) is 1.47. The van der Waals surface area contributed by atoms with E-state index in [1.807, 2.05) is 0 Å². The van der Waals surface area contributed by atoms with Gasteiger partial charge in [0.1, 0.15) is 0 Å². The average molecular weight is 403 g/mol. The highest BCUT2D eigenvalue weighted by molar-refractivity contribution is 7.92. The van der Waals surface area contributed by atoms with Crippen LogP contribution < -0.4 is 9.46 Å². The number of para-hydroxylation sites is 1. The number of rotatable bonds is 5. The molecule has 0 unspecified atom stereocenters. The molecule has 0 bridgehead atoms. The fourth-order valence-electron chi connectivity index (χ4n) is 3.22. The summed E-state index contributed by atoms with van der Waals surface area (Å²) < 4.78 is 30.7. The van der Waals surface area contributed by atoms with Crippen molar-refractivity contribution in [3.05, 3.63) is 53.6 Å². The number of anilines is 1. The van der Waals surface area contributed by atoms with E-state index in [9.17, 15) is 18.3 Å². The number of carbonyl (C=O) groups is 1. The van der Waals surface area contributed by atoms with Gasteiger partial charge in [-0.1, -0.05) is 24.3 Å². The number of methoxy groups -OCH3 is 1. The van der Waals surface area contributed by atoms with Crippen LogP contribution in [0, 0.1) is 0 Å². The number of phenolic OH excluding ortho intramolecular Hbond substituents is 1. The molecule has 8 nitrogen and oxygen atoms in total. The molecule has 1 atom stereocenters. The van der Waals surface area contributed by atoms with Gasteiger partial charge in [-0.25, -0.2) is 13.4 Å². The lowest BCUT2D eigenvalue weighted by Crippen LogP contribution is -2.24. The Morgan fingerprint density at radius 2 is 2.00 bits per heavy atom. The maximum absolute atomic E-state index is 12.2. The molecular formula is C19H21N3O5S. The maximum Gasteiger partial charge on any atom is 0.240 e. The summed E-state index contributed by atoms with van der Waals surface area (Å²) in [4.78, 5) is 12.2. The van der Waals surface area contributed by atoms with Crippen LogP contribution in [0.3, 0.4) is 0 Å². The van der Waals surface area contributed by atoms with E-state index in [0.29, 0.717) is 34.7 Å². The quantitative estimate of drug-likeness (QED) is 0.797. The van der Waals surface area contributed by atoms with Gasteiger partial charge in [-0.15, -0.1) is 0 Å². The molecule has 148 valence electrons. The van der Waals surface area contributed by atoms with Crippen LogP contribution in [-0.2, 0) is 14.8 Å². The van der Waals surface area contributed by atoms with Crippen molar-refractivity contribution in [3.8, 4) is 11.5 Å². The third-order valence-electron chi connectivity index (χ3n) is 4.32. The van der Waals surface area contributed by atoms with E-state index < -0.39 is 16.1 Å². The summed E-state index contributed by atoms with van der Waals surface area (Å²) in [5.74, 6) is 0.0230. The number of ether oxygens (including phenoxy) is 1. The summed E-state index contributed by atoms with van der Waals surface area (Å²) in [6, 6.07) is 11.3. The summed E-state index contributed by atoms with van der Waals surface area (Å²) in [5.41, 5.74) is 2.38. The van der Waals surface area contributed by atoms with Gasteiger partial charge in [0.25, 0.3) is 0 Å². The number of benzene rings is 2. The van der Waals surface area contributed by atoms with Gasteiger partial charge in [0.15, 0.2) is 11.5 Å². The predicted molar refractivity (Wildman–Crippen MR) is 106 cm³/mol. The van der Waals surface area contributed by atoms with Crippen LogP contribution in [0.2, 0.25) is 0 Å². The molecular weight excluding hydrogens is 382 g/mol. The number of hydrogen-bond acceptors (Lipinski definition) is 6. The monoisotopic (exact) mass is 403 g/mol. The topological polar surface area (TPSA) is 108 Å². The molecule has 1 aliphatic heterocycles. The van der Waals surface area contributed by atoms with E-state index in [-0.39, 0.29) is 11.7 Å². The summed E-state index contributed by atoms with van der Waals surface area (Å²) in [7, 11) is -1.96. The Balaban J connectivity index is 1.98. The largest absolute Gasteiger partial charge is 0.504 e. The number of nitrogens with one attached hydrogen (secondary N) is 1. The zero-order valence-electron chi connectivity index (χ0n) is 15.7. The molecule has 28 heavy (non-hydrogen) atoms. The minimum Gasteiger partial charge on any atom is -0.504 e. The van der Waals surface area contributed by atoms with Crippen LogP contribution in [0.15, 0.2) is 47.6 Å². The van der Waals surface area contributed by atoms with Gasteiger partial charge in [0, 0.05) is 24.6 Å². The molecule has 2 N–H and O–H groups in total. The molecule has 9 heteroatoms. The van der Waals surface area contributed by atoms with Gasteiger partial charge < -0.3 is 9.84 Å². The van der Waals surface area contributed by atoms with E-state index in [1.54, 1.807) is 36.4 Å². The molecule has 2 aromatic carbocycles. The van der Waals surface area contributed by atoms with E-state index >= 15 is 0 Å². The Labute approximate surface area is 163 Å². The van der Waals surface area contributed by atoms with Crippen molar-refractivity contribution in [2.24, 2.45) is 5.10 Å². The standard InChI is InChI=1S/C19H21N3O5S/c1-12(23)22-17(15-8-5-9-18(24)19(15)27-2)11-16(20-22)13-6-4-7-14(10-13)21-28(3,25)26/h4-10,17,21,24H,11H2,1-3H3/t17-/m0/s1. The second kappa shape index (κ2) is 7.51. The SMILES string of the molecule is COc1c(O)cccc1[C@@H]1CC(c2cccc(NS(C)(=O)=O)c2)=NN1C(C)=O. The van der Waals surface area contributed by atoms with Crippen molar-refractivity contribution in [2.75, 3.05) is 18.1 Å². The first-order chi connectivity index (χ1) is 13.2. The summed E-state index contributed by atoms with van der Waals surface area (Å²) >= 11 is 0. The number of hydrazone groups is 1. The first-order valence-electron chi connectivity index (χ1n) is 8.51. The van der Waals surface area contributed by atoms with E-state index in [0.717, 1.165) is 6.26 Å². The molecule has 0 saturated carbocycles. The second-order valence-electron chi connectivity index (χ2n) is 6.48. The predicted octanol–water partition coefficient (Wildman–Crippen LogP) is 2.47. The highest BCUT2D eigenvalue weighted by atomic mass is 32.2. The van der Waals surface area contributed by atoms with Crippen molar-refractivity contribution >= 4 is 27.3 Å². The molecule has 3 rings (SSSR count). The van der Waals surface area contributed by atoms with Crippen molar-refractivity contribution in [2.45, 2.75) is 19.4 Å². The molecule has 1 amide bonds. The fourth-order valence-corrected chi connectivity index (χ4v) is 3.78. The number of carbonyl (C=O) groups excluding carboxylic acids is 1. The number of hydrogen-bond donors (Lipinski definition) is 2. The molecule has 1 heterocycles. The van der Waals surface area contributed by atoms with Crippen LogP contribution >= 0.6 is 0 Å². The maximum atomic E-state index is 12.2. The van der Waals surface area contributed by atoms with Gasteiger partial charge in [0.05, 0.1) is 25.1 Å². The van der Waals surface area contributed by atoms with Crippen LogP contribution in [0.5, 0.6) is 11.5 Å². The summed E-state index contributed by atoms with van der Waals surface area (Å²) in [6.45, 7) is 1.41. The first-order valence-corrected chi connectivity index (χ1v) is 10.4. The first kappa shape index (κ1) is 19.7. The van der Waals surface area contributed by atoms with Gasteiger partial charge >= 0.3 is 0 Å². The highest BCUT2D eigenvalue weighted by Crippen LogP contribution is 2.41. The third-order valence-corrected chi connectivity index (χ3v) is 4.93. The lowest BCUT2D eigenvalue weighted by Gasteiger charge is -2.22. The van der Waals surface area contributed by atoms with Crippen molar-refractivity contribution < 1.29 is 23.1 Å². The fraction of sp³-hybridized carbons (Fsp3) is 0.263. The normalized spacial score (nSPS) is 16.6. The molecule has 0 aromatic heterocycles. The number of nitrogens with zero attached hydrogens (tertiary/aromatic N) is 2. The molecule has 0 radical (unpaired) electrons. The van der Waals surface area contributed by atoms with E-state index in [1.165, 1.54) is 25.1 Å². The Hall–Kier alpha value is -3.07. The lowest BCUT2D eigenvalue weighted by atomic mass is 9.97. The van der Waals surface area contributed by atoms with Gasteiger partial charge in [-0.3, -0.25) is 9.52 Å². The minimum atomic E-state index is -3.41. The number of aromatic hydroxyl groups is 1. The molecule has 0 aliphatic carbocycles. The number of sulfonamides is 1. The lowest BCUT2D eigenvalue weighted by molar-refractivity contribution is -0.130. The Bertz CT molecular complexity index is 1050. The molecule has 2 aromatic rings. The van der Waals surface area contributed by atoms with Crippen LogP contribution in [0.1, 0.15) is 30.5 Å². The molecule has 1 aliphatic rings. The van der Waals surface area contributed by atoms with Crippen molar-refractivity contribution in [3.63, 3.8) is 0 Å². The zero-order valence-corrected chi connectivity index (χ0v) is 16.5. The average Bonchev–Trinajstić information content (AvgIpc) is 3.06. The van der Waals surface area contributed by atoms with Crippen molar-refractivity contribution in [1.82, 2.24) is 5.01 Å². The van der Waals surface area contributed by atoms with E-state index in [2.05, 4.69) is 9.82 Å². The summed E-state index contributed by atoms with van der Waals surface area (Å²) in [5, 5.41) is 15.9. The van der Waals surface area contributed by atoms with Crippen LogP contribution in [-0.4, -0.2) is 43.5 Å². The number of amides is 1. The highest BCUT2D eigenvalue weighted by Gasteiger charge is 2.34. The number of phenols is 1. The molecule has 0 spiro atoms. The van der Waals surface area contributed by atoms with E-state index in [4.69, 9.17) is 4.74 Å². The van der Waals surface area contributed by atoms with Gasteiger partial charge in [-0.05, 0) is 23.8 Å². The van der Waals surface area contributed by atoms with Crippen molar-refractivity contribution in [1.29, 1.82) is 0 Å². The van der Waals surface area contributed by atoms with Crippen LogP contribution in [0.4, 0.5) is 5.69 Å². The van der Waals surface area contributed by atoms with Gasteiger partial charge in [0.2, 0.25) is 15.9 Å².